The third kappa shape index (κ3) is 5.52. The Morgan fingerprint density at radius 2 is 1.71 bits per heavy atom. The minimum absolute atomic E-state index is 0.00370. The lowest BCUT2D eigenvalue weighted by molar-refractivity contribution is -0.137. The molecule has 0 radical (unpaired) electrons. The average molecular weight is 477 g/mol. The average Bonchev–Trinajstić information content (AvgIpc) is 2.80. The molecule has 0 heterocycles. The number of benzene rings is 2. The molecule has 4 heteroatoms. The molecule has 0 amide bonds. The highest BCUT2D eigenvalue weighted by atomic mass is 19.1. The maximum Gasteiger partial charge on any atom is 0.303 e. The predicted octanol–water partition coefficient (Wildman–Crippen LogP) is 7.66. The Balaban J connectivity index is 1.48. The molecule has 2 aliphatic carbocycles. The standard InChI is InChI=1S/C31H37FO3/c1-20-16-24(11-12-25(20)26(18-29(33)34)22-7-9-23(32)10-8-22)35-19-21-6-13-27-28(17-21)31(4,5)15-14-30(27,2)3/h6-13,16-17,20,25-26H,14-15,18-19H2,1-5H3,(H,33,34)/t20?,25?,26-/m0/s1. The third-order valence-electron chi connectivity index (χ3n) is 8.00. The summed E-state index contributed by atoms with van der Waals surface area (Å²) >= 11 is 0. The molecule has 2 unspecified atom stereocenters. The summed E-state index contributed by atoms with van der Waals surface area (Å²) in [5, 5.41) is 9.49. The zero-order valence-corrected chi connectivity index (χ0v) is 21.5. The Bertz CT molecular complexity index is 1140. The molecule has 4 rings (SSSR count). The molecular formula is C31H37FO3. The predicted molar refractivity (Wildman–Crippen MR) is 138 cm³/mol. The minimum atomic E-state index is -0.857. The van der Waals surface area contributed by atoms with Crippen LogP contribution in [0.3, 0.4) is 0 Å². The number of ether oxygens (including phenoxy) is 1. The second-order valence-electron chi connectivity index (χ2n) is 11.6. The smallest absolute Gasteiger partial charge is 0.303 e. The van der Waals surface area contributed by atoms with Crippen molar-refractivity contribution in [3.63, 3.8) is 0 Å². The Labute approximate surface area is 208 Å². The Morgan fingerprint density at radius 1 is 1.06 bits per heavy atom. The summed E-state index contributed by atoms with van der Waals surface area (Å²) in [5.74, 6) is -0.518. The molecule has 2 aromatic rings. The molecule has 2 aliphatic rings. The van der Waals surface area contributed by atoms with Crippen LogP contribution in [0.2, 0.25) is 0 Å². The van der Waals surface area contributed by atoms with Gasteiger partial charge in [-0.3, -0.25) is 4.79 Å². The number of fused-ring (bicyclic) bond motifs is 1. The van der Waals surface area contributed by atoms with Crippen molar-refractivity contribution in [2.24, 2.45) is 11.8 Å². The Kier molecular flexibility index (Phi) is 6.95. The Morgan fingerprint density at radius 3 is 2.34 bits per heavy atom. The van der Waals surface area contributed by atoms with Crippen LogP contribution in [-0.2, 0) is 27.0 Å². The maximum atomic E-state index is 13.4. The van der Waals surface area contributed by atoms with Gasteiger partial charge in [-0.2, -0.15) is 0 Å². The molecule has 0 saturated heterocycles. The highest BCUT2D eigenvalue weighted by molar-refractivity contribution is 5.68. The molecule has 35 heavy (non-hydrogen) atoms. The van der Waals surface area contributed by atoms with E-state index in [1.165, 1.54) is 36.1 Å². The van der Waals surface area contributed by atoms with E-state index in [-0.39, 0.29) is 40.8 Å². The first kappa shape index (κ1) is 25.2. The maximum absolute atomic E-state index is 13.4. The molecule has 1 N–H and O–H groups in total. The second kappa shape index (κ2) is 9.64. The molecule has 0 bridgehead atoms. The van der Waals surface area contributed by atoms with E-state index < -0.39 is 5.97 Å². The van der Waals surface area contributed by atoms with E-state index in [1.54, 1.807) is 12.1 Å². The van der Waals surface area contributed by atoms with Crippen LogP contribution in [0.4, 0.5) is 4.39 Å². The topological polar surface area (TPSA) is 46.5 Å². The third-order valence-corrected chi connectivity index (χ3v) is 8.00. The van der Waals surface area contributed by atoms with Crippen LogP contribution in [0.15, 0.2) is 66.5 Å². The molecule has 0 aliphatic heterocycles. The number of carbonyl (C=O) groups is 1. The van der Waals surface area contributed by atoms with Crippen molar-refractivity contribution in [2.45, 2.75) is 77.2 Å². The molecule has 3 nitrogen and oxygen atoms in total. The lowest BCUT2D eigenvalue weighted by Crippen LogP contribution is -2.33. The van der Waals surface area contributed by atoms with E-state index in [0.29, 0.717) is 6.61 Å². The van der Waals surface area contributed by atoms with Gasteiger partial charge in [-0.1, -0.05) is 71.0 Å². The Hall–Kier alpha value is -2.88. The van der Waals surface area contributed by atoms with Crippen molar-refractivity contribution in [1.29, 1.82) is 0 Å². The molecule has 0 spiro atoms. The summed E-state index contributed by atoms with van der Waals surface area (Å²) in [6, 6.07) is 12.9. The molecular weight excluding hydrogens is 439 g/mol. The van der Waals surface area contributed by atoms with Crippen LogP contribution in [0, 0.1) is 17.7 Å². The van der Waals surface area contributed by atoms with Crippen LogP contribution in [0.25, 0.3) is 0 Å². The summed E-state index contributed by atoms with van der Waals surface area (Å²) in [7, 11) is 0. The lowest BCUT2D eigenvalue weighted by Gasteiger charge is -2.42. The van der Waals surface area contributed by atoms with Crippen molar-refractivity contribution in [3.05, 3.63) is 94.5 Å². The second-order valence-corrected chi connectivity index (χ2v) is 11.6. The van der Waals surface area contributed by atoms with Crippen molar-refractivity contribution >= 4 is 5.97 Å². The van der Waals surface area contributed by atoms with Crippen molar-refractivity contribution in [3.8, 4) is 0 Å². The quantitative estimate of drug-likeness (QED) is 0.446. The largest absolute Gasteiger partial charge is 0.489 e. The number of carboxylic acid groups (broad SMARTS) is 1. The van der Waals surface area contributed by atoms with Crippen molar-refractivity contribution in [1.82, 2.24) is 0 Å². The number of hydrogen-bond acceptors (Lipinski definition) is 2. The molecule has 0 fully saturated rings. The van der Waals surface area contributed by atoms with E-state index in [2.05, 4.69) is 65.0 Å². The monoisotopic (exact) mass is 476 g/mol. The fourth-order valence-corrected chi connectivity index (χ4v) is 5.67. The van der Waals surface area contributed by atoms with Crippen LogP contribution in [0.5, 0.6) is 0 Å². The van der Waals surface area contributed by atoms with Crippen LogP contribution in [-0.4, -0.2) is 11.1 Å². The number of carboxylic acids is 1. The van der Waals surface area contributed by atoms with E-state index in [0.717, 1.165) is 16.9 Å². The van der Waals surface area contributed by atoms with Gasteiger partial charge in [-0.25, -0.2) is 4.39 Å². The molecule has 186 valence electrons. The van der Waals surface area contributed by atoms with E-state index in [9.17, 15) is 14.3 Å². The molecule has 0 aromatic heterocycles. The van der Waals surface area contributed by atoms with Crippen molar-refractivity contribution < 1.29 is 19.0 Å². The summed E-state index contributed by atoms with van der Waals surface area (Å²) in [4.78, 5) is 11.6. The number of hydrogen-bond donors (Lipinski definition) is 1. The van der Waals surface area contributed by atoms with Gasteiger partial charge < -0.3 is 9.84 Å². The first-order chi connectivity index (χ1) is 16.5. The van der Waals surface area contributed by atoms with Gasteiger partial charge in [-0.15, -0.1) is 0 Å². The zero-order chi connectivity index (χ0) is 25.4. The van der Waals surface area contributed by atoms with Crippen molar-refractivity contribution in [2.75, 3.05) is 0 Å². The number of rotatable bonds is 7. The van der Waals surface area contributed by atoms with Gasteiger partial charge in [0.2, 0.25) is 0 Å². The summed E-state index contributed by atoms with van der Waals surface area (Å²) in [5.41, 5.74) is 5.22. The van der Waals surface area contributed by atoms with Gasteiger partial charge in [0, 0.05) is 5.92 Å². The van der Waals surface area contributed by atoms with Gasteiger partial charge in [0.15, 0.2) is 0 Å². The minimum Gasteiger partial charge on any atom is -0.489 e. The number of halogens is 1. The normalized spacial score (nSPS) is 23.2. The summed E-state index contributed by atoms with van der Waals surface area (Å²) in [6.07, 6.45) is 8.45. The van der Waals surface area contributed by atoms with Crippen LogP contribution < -0.4 is 0 Å². The highest BCUT2D eigenvalue weighted by Gasteiger charge is 2.37. The number of aliphatic carboxylic acids is 1. The van der Waals surface area contributed by atoms with Gasteiger partial charge >= 0.3 is 5.97 Å². The van der Waals surface area contributed by atoms with Gasteiger partial charge in [-0.05, 0) is 82.0 Å². The fraction of sp³-hybridized carbons (Fsp3) is 0.452. The van der Waals surface area contributed by atoms with Gasteiger partial charge in [0.05, 0.1) is 6.42 Å². The van der Waals surface area contributed by atoms with Gasteiger partial charge in [0.1, 0.15) is 18.2 Å². The van der Waals surface area contributed by atoms with E-state index >= 15 is 0 Å². The lowest BCUT2D eigenvalue weighted by atomic mass is 9.63. The fourth-order valence-electron chi connectivity index (χ4n) is 5.67. The first-order valence-corrected chi connectivity index (χ1v) is 12.6. The van der Waals surface area contributed by atoms with Gasteiger partial charge in [0.25, 0.3) is 0 Å². The molecule has 0 saturated carbocycles. The van der Waals surface area contributed by atoms with Crippen LogP contribution >= 0.6 is 0 Å². The van der Waals surface area contributed by atoms with Crippen LogP contribution in [0.1, 0.15) is 82.1 Å². The molecule has 3 atom stereocenters. The SMILES string of the molecule is CC1C=C(OCc2ccc3c(c2)C(C)(C)CCC3(C)C)C=CC1[C@@H](CC(=O)O)c1ccc(F)cc1. The summed E-state index contributed by atoms with van der Waals surface area (Å²) in [6.45, 7) is 11.9. The number of allylic oxidation sites excluding steroid dienone is 3. The van der Waals surface area contributed by atoms with E-state index in [4.69, 9.17) is 4.74 Å². The zero-order valence-electron chi connectivity index (χ0n) is 21.5. The molecule has 2 aromatic carbocycles. The van der Waals surface area contributed by atoms with E-state index in [1.807, 2.05) is 6.08 Å². The highest BCUT2D eigenvalue weighted by Crippen LogP contribution is 2.46. The summed E-state index contributed by atoms with van der Waals surface area (Å²) < 4.78 is 19.6. The first-order valence-electron chi connectivity index (χ1n) is 12.6.